The minimum Gasteiger partial charge on any atom is -0.0776 e. The summed E-state index contributed by atoms with van der Waals surface area (Å²) in [5, 5.41) is 1.62. The summed E-state index contributed by atoms with van der Waals surface area (Å²) in [5.41, 5.74) is 5.31. The molecule has 0 unspecified atom stereocenters. The molecule has 0 aliphatic carbocycles. The Morgan fingerprint density at radius 3 is 2.30 bits per heavy atom. The standard InChI is InChI=1S/C9H14Si/c1-7-5-6-10(4)9(3)8(7)2/h5-6H,1-4H3. The lowest BCUT2D eigenvalue weighted by Gasteiger charge is -2.05. The third-order valence-electron chi connectivity index (χ3n) is 2.33. The Balaban J connectivity index is 3.34. The molecule has 0 aliphatic rings. The van der Waals surface area contributed by atoms with E-state index >= 15 is 0 Å². The highest BCUT2D eigenvalue weighted by molar-refractivity contribution is 6.50. The van der Waals surface area contributed by atoms with Crippen molar-refractivity contribution < 1.29 is 0 Å². The van der Waals surface area contributed by atoms with E-state index in [1.165, 1.54) is 11.1 Å². The maximum atomic E-state index is 2.36. The van der Waals surface area contributed by atoms with E-state index < -0.39 is 0 Å². The van der Waals surface area contributed by atoms with E-state index in [-0.39, 0.29) is 8.40 Å². The molecule has 0 saturated heterocycles. The van der Waals surface area contributed by atoms with Gasteiger partial charge in [-0.2, -0.15) is 0 Å². The van der Waals surface area contributed by atoms with Gasteiger partial charge in [0.1, 0.15) is 0 Å². The molecule has 0 fully saturated rings. The molecule has 0 aromatic carbocycles. The average Bonchev–Trinajstić information content (AvgIpc) is 1.93. The Kier molecular flexibility index (Phi) is 2.04. The first-order valence-electron chi connectivity index (χ1n) is 3.66. The first-order valence-corrected chi connectivity index (χ1v) is 5.74. The average molecular weight is 150 g/mol. The van der Waals surface area contributed by atoms with Crippen LogP contribution in [0.2, 0.25) is 0 Å². The van der Waals surface area contributed by atoms with Crippen molar-refractivity contribution in [1.82, 2.24) is 0 Å². The second-order valence-corrected chi connectivity index (χ2v) is 5.40. The van der Waals surface area contributed by atoms with Crippen LogP contribution in [0.3, 0.4) is 0 Å². The summed E-state index contributed by atoms with van der Waals surface area (Å²) in [4.78, 5) is 0. The summed E-state index contributed by atoms with van der Waals surface area (Å²) in [6, 6.07) is 2.26. The predicted octanol–water partition coefficient (Wildman–Crippen LogP) is 2.17. The Morgan fingerprint density at radius 1 is 1.20 bits per heavy atom. The SMILES string of the molecule is Cc1cc[si](C)c(C)c1C. The Bertz CT molecular complexity index is 224. The maximum absolute atomic E-state index is 2.36. The van der Waals surface area contributed by atoms with E-state index in [2.05, 4.69) is 39.1 Å². The van der Waals surface area contributed by atoms with Gasteiger partial charge in [0.15, 0.2) is 0 Å². The summed E-state index contributed by atoms with van der Waals surface area (Å²) >= 11 is 0. The fraction of sp³-hybridized carbons (Fsp3) is 0.444. The molecule has 0 radical (unpaired) electrons. The molecule has 1 aromatic heterocycles. The van der Waals surface area contributed by atoms with E-state index in [9.17, 15) is 0 Å². The van der Waals surface area contributed by atoms with Crippen LogP contribution in [0.25, 0.3) is 0 Å². The summed E-state index contributed by atoms with van der Waals surface area (Å²) in [7, 11) is -0.274. The lowest BCUT2D eigenvalue weighted by molar-refractivity contribution is 1.30. The van der Waals surface area contributed by atoms with Gasteiger partial charge in [0.05, 0.1) is 0 Å². The number of aryl methyl sites for hydroxylation is 2. The molecule has 0 amide bonds. The highest BCUT2D eigenvalue weighted by Crippen LogP contribution is 2.09. The van der Waals surface area contributed by atoms with Crippen molar-refractivity contribution in [3.05, 3.63) is 28.0 Å². The van der Waals surface area contributed by atoms with Gasteiger partial charge in [0, 0.05) is 8.40 Å². The van der Waals surface area contributed by atoms with E-state index in [4.69, 9.17) is 0 Å². The summed E-state index contributed by atoms with van der Waals surface area (Å²) in [5.74, 6) is 0. The zero-order valence-corrected chi connectivity index (χ0v) is 8.15. The van der Waals surface area contributed by atoms with Gasteiger partial charge in [-0.15, -0.1) is 0 Å². The lowest BCUT2D eigenvalue weighted by Crippen LogP contribution is -2.00. The predicted molar refractivity (Wildman–Crippen MR) is 47.6 cm³/mol. The first kappa shape index (κ1) is 7.67. The molecule has 0 saturated carbocycles. The van der Waals surface area contributed by atoms with Crippen LogP contribution in [0, 0.1) is 20.8 Å². The highest BCUT2D eigenvalue weighted by Gasteiger charge is 1.98. The first-order chi connectivity index (χ1) is 4.63. The second kappa shape index (κ2) is 2.66. The van der Waals surface area contributed by atoms with Gasteiger partial charge in [-0.05, 0) is 31.9 Å². The maximum Gasteiger partial charge on any atom is 0.0372 e. The van der Waals surface area contributed by atoms with Crippen molar-refractivity contribution in [2.24, 2.45) is 6.55 Å². The molecule has 1 heterocycles. The van der Waals surface area contributed by atoms with Gasteiger partial charge >= 0.3 is 0 Å². The van der Waals surface area contributed by atoms with Gasteiger partial charge in [-0.3, -0.25) is 0 Å². The minimum absolute atomic E-state index is 0.274. The lowest BCUT2D eigenvalue weighted by atomic mass is 10.2. The molecular formula is C9H14Si. The zero-order valence-electron chi connectivity index (χ0n) is 7.15. The van der Waals surface area contributed by atoms with E-state index in [1.807, 2.05) is 0 Å². The molecule has 10 heavy (non-hydrogen) atoms. The van der Waals surface area contributed by atoms with Crippen LogP contribution in [-0.4, -0.2) is 8.40 Å². The van der Waals surface area contributed by atoms with Crippen LogP contribution in [0.1, 0.15) is 16.3 Å². The van der Waals surface area contributed by atoms with Gasteiger partial charge in [-0.25, -0.2) is 0 Å². The fourth-order valence-electron chi connectivity index (χ4n) is 1.09. The molecule has 54 valence electrons. The molecule has 0 aliphatic heterocycles. The minimum atomic E-state index is -0.274. The highest BCUT2D eigenvalue weighted by atomic mass is 28.2. The summed E-state index contributed by atoms with van der Waals surface area (Å²) in [6.07, 6.45) is 0. The van der Waals surface area contributed by atoms with Crippen LogP contribution < -0.4 is 0 Å². The quantitative estimate of drug-likeness (QED) is 0.497. The molecule has 0 spiro atoms. The largest absolute Gasteiger partial charge is 0.0776 e. The van der Waals surface area contributed by atoms with Gasteiger partial charge < -0.3 is 0 Å². The molecule has 0 bridgehead atoms. The Hall–Kier alpha value is -0.433. The van der Waals surface area contributed by atoms with E-state index in [0.717, 1.165) is 0 Å². The van der Waals surface area contributed by atoms with E-state index in [0.29, 0.717) is 0 Å². The summed E-state index contributed by atoms with van der Waals surface area (Å²) < 4.78 is 0. The summed E-state index contributed by atoms with van der Waals surface area (Å²) in [6.45, 7) is 9.01. The van der Waals surface area contributed by atoms with Crippen LogP contribution in [0.5, 0.6) is 0 Å². The smallest absolute Gasteiger partial charge is 0.0372 e. The molecule has 0 nitrogen and oxygen atoms in total. The molecule has 1 heteroatoms. The van der Waals surface area contributed by atoms with Gasteiger partial charge in [0.25, 0.3) is 0 Å². The molecule has 1 aromatic rings. The van der Waals surface area contributed by atoms with Crippen molar-refractivity contribution in [1.29, 1.82) is 0 Å². The Morgan fingerprint density at radius 2 is 1.80 bits per heavy atom. The van der Waals surface area contributed by atoms with Crippen LogP contribution in [0.15, 0.2) is 11.7 Å². The monoisotopic (exact) mass is 150 g/mol. The normalized spacial score (nSPS) is 10.0. The van der Waals surface area contributed by atoms with Crippen molar-refractivity contribution in [3.8, 4) is 0 Å². The Labute approximate surface area is 64.4 Å². The second-order valence-electron chi connectivity index (χ2n) is 2.95. The van der Waals surface area contributed by atoms with Crippen molar-refractivity contribution in [2.45, 2.75) is 20.8 Å². The molecule has 0 N–H and O–H groups in total. The fourth-order valence-corrected chi connectivity index (χ4v) is 2.63. The number of rotatable bonds is 0. The van der Waals surface area contributed by atoms with Crippen molar-refractivity contribution in [3.63, 3.8) is 0 Å². The number of hydrogen-bond donors (Lipinski definition) is 0. The zero-order chi connectivity index (χ0) is 7.72. The molecular weight excluding hydrogens is 136 g/mol. The van der Waals surface area contributed by atoms with Crippen molar-refractivity contribution >= 4 is 8.40 Å². The topological polar surface area (TPSA) is 0 Å². The molecule has 1 rings (SSSR count). The van der Waals surface area contributed by atoms with Crippen LogP contribution >= 0.6 is 0 Å². The number of hydrogen-bond acceptors (Lipinski definition) is 0. The van der Waals surface area contributed by atoms with E-state index in [1.54, 1.807) is 5.17 Å². The third kappa shape index (κ3) is 1.19. The molecule has 0 atom stereocenters. The van der Waals surface area contributed by atoms with Crippen LogP contribution in [0.4, 0.5) is 0 Å². The van der Waals surface area contributed by atoms with Gasteiger partial charge in [0.2, 0.25) is 0 Å². The van der Waals surface area contributed by atoms with Crippen molar-refractivity contribution in [2.75, 3.05) is 0 Å². The van der Waals surface area contributed by atoms with Gasteiger partial charge in [-0.1, -0.05) is 23.5 Å². The third-order valence-corrected chi connectivity index (χ3v) is 4.55. The van der Waals surface area contributed by atoms with Crippen LogP contribution in [-0.2, 0) is 6.55 Å².